The molecule has 5 heteroatoms. The van der Waals surface area contributed by atoms with Crippen LogP contribution in [0.3, 0.4) is 0 Å². The van der Waals surface area contributed by atoms with E-state index >= 15 is 0 Å². The van der Waals surface area contributed by atoms with Crippen molar-refractivity contribution in [1.82, 2.24) is 0 Å². The summed E-state index contributed by atoms with van der Waals surface area (Å²) in [5.74, 6) is 0.574. The molecule has 0 bridgehead atoms. The zero-order valence-electron chi connectivity index (χ0n) is 10.1. The lowest BCUT2D eigenvalue weighted by Crippen LogP contribution is -2.00. The van der Waals surface area contributed by atoms with Crippen LogP contribution in [0.1, 0.15) is 30.7 Å². The van der Waals surface area contributed by atoms with E-state index in [9.17, 15) is 10.1 Å². The number of benzene rings is 1. The Labute approximate surface area is 105 Å². The standard InChI is InChI=1S/C13H14N2O3/c1-18-13-5-4-10(7-12(13)15(16)17)11(8-14)6-9-2-3-9/h4-5,7,9,11H,2-3,6H2,1H3. The molecule has 1 unspecified atom stereocenters. The van der Waals surface area contributed by atoms with Crippen molar-refractivity contribution in [3.05, 3.63) is 33.9 Å². The van der Waals surface area contributed by atoms with E-state index < -0.39 is 4.92 Å². The van der Waals surface area contributed by atoms with Crippen molar-refractivity contribution in [2.45, 2.75) is 25.2 Å². The number of rotatable bonds is 5. The number of nitro benzene ring substituents is 1. The molecule has 1 atom stereocenters. The van der Waals surface area contributed by atoms with Gasteiger partial charge in [-0.1, -0.05) is 18.9 Å². The van der Waals surface area contributed by atoms with Crippen LogP contribution in [-0.2, 0) is 0 Å². The molecule has 0 amide bonds. The molecule has 0 aromatic heterocycles. The molecule has 0 N–H and O–H groups in total. The molecule has 1 fully saturated rings. The lowest BCUT2D eigenvalue weighted by molar-refractivity contribution is -0.385. The summed E-state index contributed by atoms with van der Waals surface area (Å²) >= 11 is 0. The van der Waals surface area contributed by atoms with E-state index in [0.717, 1.165) is 19.3 Å². The summed E-state index contributed by atoms with van der Waals surface area (Å²) in [4.78, 5) is 10.4. The lowest BCUT2D eigenvalue weighted by Gasteiger charge is -2.09. The molecule has 1 aromatic carbocycles. The molecule has 1 aliphatic rings. The molecule has 18 heavy (non-hydrogen) atoms. The summed E-state index contributed by atoms with van der Waals surface area (Å²) < 4.78 is 4.94. The zero-order chi connectivity index (χ0) is 13.1. The second-order valence-corrected chi connectivity index (χ2v) is 4.55. The molecule has 0 saturated heterocycles. The first-order valence-corrected chi connectivity index (χ1v) is 5.87. The highest BCUT2D eigenvalue weighted by molar-refractivity contribution is 5.50. The Morgan fingerprint density at radius 1 is 1.61 bits per heavy atom. The summed E-state index contributed by atoms with van der Waals surface area (Å²) in [5.41, 5.74) is 0.628. The van der Waals surface area contributed by atoms with Gasteiger partial charge < -0.3 is 4.74 Å². The van der Waals surface area contributed by atoms with Crippen LogP contribution in [0.15, 0.2) is 18.2 Å². The van der Waals surface area contributed by atoms with E-state index in [0.29, 0.717) is 11.5 Å². The molecule has 0 spiro atoms. The van der Waals surface area contributed by atoms with Gasteiger partial charge in [-0.15, -0.1) is 0 Å². The van der Waals surface area contributed by atoms with Gasteiger partial charge in [0.1, 0.15) is 0 Å². The zero-order valence-corrected chi connectivity index (χ0v) is 10.1. The first-order chi connectivity index (χ1) is 8.65. The van der Waals surface area contributed by atoms with Gasteiger partial charge in [0.15, 0.2) is 5.75 Å². The molecule has 0 radical (unpaired) electrons. The molecule has 94 valence electrons. The molecule has 2 rings (SSSR count). The van der Waals surface area contributed by atoms with Gasteiger partial charge in [0.2, 0.25) is 0 Å². The Morgan fingerprint density at radius 3 is 2.83 bits per heavy atom. The van der Waals surface area contributed by atoms with E-state index in [2.05, 4.69) is 6.07 Å². The lowest BCUT2D eigenvalue weighted by atomic mass is 9.94. The fraction of sp³-hybridized carbons (Fsp3) is 0.462. The Balaban J connectivity index is 2.29. The van der Waals surface area contributed by atoms with Crippen molar-refractivity contribution in [3.63, 3.8) is 0 Å². The maximum Gasteiger partial charge on any atom is 0.311 e. The van der Waals surface area contributed by atoms with Gasteiger partial charge in [0, 0.05) is 6.07 Å². The van der Waals surface area contributed by atoms with E-state index in [1.54, 1.807) is 12.1 Å². The molecule has 5 nitrogen and oxygen atoms in total. The smallest absolute Gasteiger partial charge is 0.311 e. The fourth-order valence-electron chi connectivity index (χ4n) is 2.02. The van der Waals surface area contributed by atoms with Gasteiger partial charge in [-0.2, -0.15) is 5.26 Å². The number of hydrogen-bond acceptors (Lipinski definition) is 4. The fourth-order valence-corrected chi connectivity index (χ4v) is 2.02. The van der Waals surface area contributed by atoms with Crippen molar-refractivity contribution >= 4 is 5.69 Å². The monoisotopic (exact) mass is 246 g/mol. The van der Waals surface area contributed by atoms with Crippen LogP contribution in [0.4, 0.5) is 5.69 Å². The van der Waals surface area contributed by atoms with Crippen LogP contribution >= 0.6 is 0 Å². The largest absolute Gasteiger partial charge is 0.490 e. The molecule has 0 heterocycles. The first-order valence-electron chi connectivity index (χ1n) is 5.87. The van der Waals surface area contributed by atoms with Gasteiger partial charge >= 0.3 is 5.69 Å². The van der Waals surface area contributed by atoms with Crippen molar-refractivity contribution in [1.29, 1.82) is 5.26 Å². The van der Waals surface area contributed by atoms with Gasteiger partial charge in [-0.05, 0) is 24.0 Å². The number of ether oxygens (including phenoxy) is 1. The number of nitro groups is 1. The van der Waals surface area contributed by atoms with E-state index in [1.165, 1.54) is 13.2 Å². The average molecular weight is 246 g/mol. The van der Waals surface area contributed by atoms with Gasteiger partial charge in [0.25, 0.3) is 0 Å². The normalized spacial score (nSPS) is 15.8. The predicted molar refractivity (Wildman–Crippen MR) is 65.3 cm³/mol. The molecule has 1 aromatic rings. The molecule has 0 aliphatic heterocycles. The Kier molecular flexibility index (Phi) is 3.47. The summed E-state index contributed by atoms with van der Waals surface area (Å²) in [6, 6.07) is 6.98. The second-order valence-electron chi connectivity index (χ2n) is 4.55. The maximum absolute atomic E-state index is 10.9. The summed E-state index contributed by atoms with van der Waals surface area (Å²) in [7, 11) is 1.40. The molecular weight excluding hydrogens is 232 g/mol. The van der Waals surface area contributed by atoms with Crippen molar-refractivity contribution in [2.24, 2.45) is 5.92 Å². The third-order valence-electron chi connectivity index (χ3n) is 3.22. The van der Waals surface area contributed by atoms with Crippen LogP contribution in [0.2, 0.25) is 0 Å². The number of methoxy groups -OCH3 is 1. The van der Waals surface area contributed by atoms with Crippen LogP contribution in [0.25, 0.3) is 0 Å². The third-order valence-corrected chi connectivity index (χ3v) is 3.22. The predicted octanol–water partition coefficient (Wildman–Crippen LogP) is 3.01. The SMILES string of the molecule is COc1ccc(C(C#N)CC2CC2)cc1[N+](=O)[O-]. The van der Waals surface area contributed by atoms with Crippen LogP contribution in [-0.4, -0.2) is 12.0 Å². The van der Waals surface area contributed by atoms with Gasteiger partial charge in [-0.25, -0.2) is 0 Å². The number of hydrogen-bond donors (Lipinski definition) is 0. The summed E-state index contributed by atoms with van der Waals surface area (Å²) in [5, 5.41) is 20.1. The minimum Gasteiger partial charge on any atom is -0.490 e. The molecule has 1 saturated carbocycles. The van der Waals surface area contributed by atoms with Gasteiger partial charge in [0.05, 0.1) is 24.0 Å². The summed E-state index contributed by atoms with van der Waals surface area (Å²) in [6.07, 6.45) is 3.12. The van der Waals surface area contributed by atoms with E-state index in [-0.39, 0.29) is 17.4 Å². The highest BCUT2D eigenvalue weighted by Gasteiger charge is 2.27. The Bertz CT molecular complexity index is 503. The first kappa shape index (κ1) is 12.4. The quantitative estimate of drug-likeness (QED) is 0.591. The molecule has 1 aliphatic carbocycles. The van der Waals surface area contributed by atoms with Crippen LogP contribution in [0, 0.1) is 27.4 Å². The third kappa shape index (κ3) is 2.59. The maximum atomic E-state index is 10.9. The Hall–Kier alpha value is -2.09. The van der Waals surface area contributed by atoms with Gasteiger partial charge in [-0.3, -0.25) is 10.1 Å². The van der Waals surface area contributed by atoms with Crippen molar-refractivity contribution in [3.8, 4) is 11.8 Å². The second kappa shape index (κ2) is 5.05. The van der Waals surface area contributed by atoms with E-state index in [1.807, 2.05) is 0 Å². The minimum absolute atomic E-state index is 0.0777. The number of nitriles is 1. The minimum atomic E-state index is -0.478. The average Bonchev–Trinajstić information content (AvgIpc) is 3.19. The van der Waals surface area contributed by atoms with Crippen LogP contribution < -0.4 is 4.74 Å². The van der Waals surface area contributed by atoms with Crippen LogP contribution in [0.5, 0.6) is 5.75 Å². The molecular formula is C13H14N2O3. The topological polar surface area (TPSA) is 76.2 Å². The number of nitrogens with zero attached hydrogens (tertiary/aromatic N) is 2. The highest BCUT2D eigenvalue weighted by Crippen LogP contribution is 2.39. The van der Waals surface area contributed by atoms with Crippen molar-refractivity contribution < 1.29 is 9.66 Å². The summed E-state index contributed by atoms with van der Waals surface area (Å²) in [6.45, 7) is 0. The van der Waals surface area contributed by atoms with Crippen molar-refractivity contribution in [2.75, 3.05) is 7.11 Å². The highest BCUT2D eigenvalue weighted by atomic mass is 16.6. The Morgan fingerprint density at radius 2 is 2.33 bits per heavy atom. The van der Waals surface area contributed by atoms with E-state index in [4.69, 9.17) is 10.00 Å².